The van der Waals surface area contributed by atoms with E-state index in [1.54, 1.807) is 0 Å². The summed E-state index contributed by atoms with van der Waals surface area (Å²) >= 11 is -3.14. The van der Waals surface area contributed by atoms with E-state index in [4.69, 9.17) is 3.79 Å². The first-order chi connectivity index (χ1) is 14.9. The van der Waals surface area contributed by atoms with Crippen molar-refractivity contribution in [2.45, 2.75) is 26.4 Å². The average Bonchev–Trinajstić information content (AvgIpc) is 2.75. The summed E-state index contributed by atoms with van der Waals surface area (Å²) in [5.41, 5.74) is 5.73. The second kappa shape index (κ2) is 7.58. The number of benzene rings is 3. The standard InChI is InChI=1S/C18H13OSi2.C9H11.Al/c19-18(15-7-3-1-4-8-15,16-9-5-2-6-10-16)17(11-13-20)12-14-21;1-7-4-8(2)6-9(3)5-7;/h1-12,17H;4-5H,1-3H3;/q-1;;. The molecule has 0 saturated carbocycles. The molecule has 31 heavy (non-hydrogen) atoms. The summed E-state index contributed by atoms with van der Waals surface area (Å²) in [6, 6.07) is 26.0. The molecule has 0 unspecified atom stereocenters. The molecule has 0 fully saturated rings. The fraction of sp³-hybridized carbons (Fsp3) is 0.185. The lowest BCUT2D eigenvalue weighted by Gasteiger charge is -2.62. The fourth-order valence-corrected chi connectivity index (χ4v) is 13.5. The molecule has 0 amide bonds. The molecule has 0 atom stereocenters. The Morgan fingerprint density at radius 1 is 0.742 bits per heavy atom. The normalized spacial score (nSPS) is 24.0. The van der Waals surface area contributed by atoms with Crippen LogP contribution in [0.5, 0.6) is 0 Å². The van der Waals surface area contributed by atoms with E-state index in [0.717, 1.165) is 0 Å². The zero-order valence-electron chi connectivity index (χ0n) is 18.1. The first-order valence-electron chi connectivity index (χ1n) is 10.8. The Hall–Kier alpha value is -1.93. The van der Waals surface area contributed by atoms with E-state index < -0.39 is 19.0 Å². The monoisotopic (exact) mass is 447 g/mol. The van der Waals surface area contributed by atoms with Crippen molar-refractivity contribution in [1.82, 2.24) is 0 Å². The van der Waals surface area contributed by atoms with Crippen LogP contribution in [-0.2, 0) is 9.39 Å². The molecule has 0 saturated heterocycles. The van der Waals surface area contributed by atoms with Crippen molar-refractivity contribution in [1.29, 1.82) is 0 Å². The van der Waals surface area contributed by atoms with Gasteiger partial charge in [0.15, 0.2) is 0 Å². The topological polar surface area (TPSA) is 9.23 Å². The molecule has 0 aromatic heterocycles. The summed E-state index contributed by atoms with van der Waals surface area (Å²) in [4.78, 5) is 0. The van der Waals surface area contributed by atoms with Crippen LogP contribution in [0.15, 0.2) is 93.1 Å². The molecular formula is C27H24AlOSi2-. The fourth-order valence-electron chi connectivity index (χ4n) is 5.85. The van der Waals surface area contributed by atoms with Crippen LogP contribution >= 0.6 is 0 Å². The molecule has 6 rings (SSSR count). The Morgan fingerprint density at radius 2 is 1.19 bits per heavy atom. The van der Waals surface area contributed by atoms with Crippen molar-refractivity contribution in [3.8, 4) is 0 Å². The molecule has 2 bridgehead atoms. The van der Waals surface area contributed by atoms with Crippen molar-refractivity contribution < 1.29 is 3.79 Å². The van der Waals surface area contributed by atoms with E-state index in [0.29, 0.717) is 0 Å². The molecule has 1 nitrogen and oxygen atoms in total. The number of rotatable bonds is 3. The molecule has 3 aromatic carbocycles. The Bertz CT molecular complexity index is 1130. The maximum atomic E-state index is 7.58. The van der Waals surface area contributed by atoms with E-state index in [1.165, 1.54) is 40.4 Å². The van der Waals surface area contributed by atoms with Gasteiger partial charge in [-0.3, -0.25) is 0 Å². The molecule has 0 spiro atoms. The summed E-state index contributed by atoms with van der Waals surface area (Å²) in [7, 11) is 8.13. The highest BCUT2D eigenvalue weighted by Gasteiger charge is 2.55. The minimum Gasteiger partial charge on any atom is -0.637 e. The number of hydrogen-bond donors (Lipinski definition) is 0. The van der Waals surface area contributed by atoms with Gasteiger partial charge in [0, 0.05) is 26.4 Å². The lowest BCUT2D eigenvalue weighted by atomic mass is 9.76. The third-order valence-electron chi connectivity index (χ3n) is 6.98. The molecule has 3 aliphatic rings. The van der Waals surface area contributed by atoms with Gasteiger partial charge in [-0.25, -0.2) is 8.12 Å². The van der Waals surface area contributed by atoms with Gasteiger partial charge >= 0.3 is 13.4 Å². The van der Waals surface area contributed by atoms with Gasteiger partial charge in [0.05, 0.1) is 5.60 Å². The minimum absolute atomic E-state index is 0.0882. The van der Waals surface area contributed by atoms with Crippen LogP contribution in [0, 0.1) is 26.7 Å². The summed E-state index contributed by atoms with van der Waals surface area (Å²) in [5, 5.41) is 0. The van der Waals surface area contributed by atoms with E-state index in [9.17, 15) is 0 Å². The number of fused-ring (bicyclic) bond motifs is 1. The van der Waals surface area contributed by atoms with Crippen LogP contribution in [0.1, 0.15) is 27.8 Å². The summed E-state index contributed by atoms with van der Waals surface area (Å²) in [6.45, 7) is 6.61. The van der Waals surface area contributed by atoms with Gasteiger partial charge in [-0.2, -0.15) is 4.43 Å². The lowest BCUT2D eigenvalue weighted by molar-refractivity contribution is 0.0670. The van der Waals surface area contributed by atoms with E-state index >= 15 is 0 Å². The van der Waals surface area contributed by atoms with Gasteiger partial charge in [-0.05, 0) is 31.9 Å². The predicted octanol–water partition coefficient (Wildman–Crippen LogP) is 4.55. The van der Waals surface area contributed by atoms with Crippen LogP contribution in [0.2, 0.25) is 0 Å². The van der Waals surface area contributed by atoms with Gasteiger partial charge < -0.3 is 3.79 Å². The highest BCUT2D eigenvalue weighted by Crippen LogP contribution is 2.53. The third kappa shape index (κ3) is 2.97. The predicted molar refractivity (Wildman–Crippen MR) is 132 cm³/mol. The largest absolute Gasteiger partial charge is 0.637 e. The lowest BCUT2D eigenvalue weighted by Crippen LogP contribution is -2.67. The highest BCUT2D eigenvalue weighted by atomic mass is 28.2. The zero-order chi connectivity index (χ0) is 21.8. The Morgan fingerprint density at radius 3 is 1.65 bits per heavy atom. The second-order valence-corrected chi connectivity index (χ2v) is 14.9. The molecule has 3 aromatic rings. The van der Waals surface area contributed by atoms with Crippen molar-refractivity contribution in [3.05, 3.63) is 121 Å². The molecule has 6 radical (unpaired) electrons. The van der Waals surface area contributed by atoms with Crippen molar-refractivity contribution in [2.24, 2.45) is 5.92 Å². The van der Waals surface area contributed by atoms with Gasteiger partial charge in [-0.1, -0.05) is 89.5 Å². The van der Waals surface area contributed by atoms with E-state index in [-0.39, 0.29) is 5.92 Å². The van der Waals surface area contributed by atoms with Crippen molar-refractivity contribution in [2.75, 3.05) is 0 Å². The summed E-state index contributed by atoms with van der Waals surface area (Å²) in [6.07, 6.45) is 4.79. The Balaban J connectivity index is 1.85. The van der Waals surface area contributed by atoms with Gasteiger partial charge in [0.1, 0.15) is 0 Å². The van der Waals surface area contributed by atoms with Gasteiger partial charge in [0.25, 0.3) is 0 Å². The number of hydrogen-bond acceptors (Lipinski definition) is 1. The van der Waals surface area contributed by atoms with Gasteiger partial charge in [-0.15, -0.1) is 12.2 Å². The average molecular weight is 448 g/mol. The molecule has 150 valence electrons. The maximum absolute atomic E-state index is 7.58. The van der Waals surface area contributed by atoms with Crippen LogP contribution < -0.4 is 4.43 Å². The molecule has 0 N–H and O–H groups in total. The summed E-state index contributed by atoms with van der Waals surface area (Å²) in [5.74, 6) is 0.0882. The quantitative estimate of drug-likeness (QED) is 0.535. The first kappa shape index (κ1) is 20.9. The van der Waals surface area contributed by atoms with Crippen LogP contribution in [0.3, 0.4) is 0 Å². The smallest absolute Gasteiger partial charge is 0.387 e. The SMILES string of the molecule is Cc1cc(C)[c]([Al-]23[O]C(c4ccccc4)(c4ccccc4)C(C=[C]2[Si])C=[C]3[Si])c(C)c1. The van der Waals surface area contributed by atoms with Crippen LogP contribution in [-0.4, -0.2) is 33.9 Å². The molecule has 3 aliphatic heterocycles. The Labute approximate surface area is 194 Å². The summed E-state index contributed by atoms with van der Waals surface area (Å²) < 4.78 is 11.4. The van der Waals surface area contributed by atoms with E-state index in [1.807, 2.05) is 0 Å². The van der Waals surface area contributed by atoms with Crippen LogP contribution in [0.25, 0.3) is 0 Å². The van der Waals surface area contributed by atoms with E-state index in [2.05, 4.69) is 126 Å². The van der Waals surface area contributed by atoms with Gasteiger partial charge in [0.2, 0.25) is 0 Å². The first-order valence-corrected chi connectivity index (χ1v) is 14.0. The Kier molecular flexibility index (Phi) is 5.12. The minimum atomic E-state index is -3.14. The molecule has 0 aliphatic carbocycles. The third-order valence-corrected chi connectivity index (χ3v) is 14.3. The molecule has 4 heteroatoms. The van der Waals surface area contributed by atoms with Crippen molar-refractivity contribution in [3.63, 3.8) is 0 Å². The maximum Gasteiger partial charge on any atom is 0.387 e. The molecular weight excluding hydrogens is 423 g/mol. The highest BCUT2D eigenvalue weighted by molar-refractivity contribution is 7.08. The second-order valence-electron chi connectivity index (χ2n) is 8.95. The zero-order valence-corrected chi connectivity index (χ0v) is 21.3. The van der Waals surface area contributed by atoms with Crippen molar-refractivity contribution >= 4 is 38.3 Å². The molecule has 3 heterocycles. The van der Waals surface area contributed by atoms with Crippen LogP contribution in [0.4, 0.5) is 0 Å². The number of aryl methyl sites for hydroxylation is 3.